The Hall–Kier alpha value is -1.81. The number of para-hydroxylation sites is 1. The smallest absolute Gasteiger partial charge is 0.207 e. The van der Waals surface area contributed by atoms with Gasteiger partial charge in [0.15, 0.2) is 0 Å². The van der Waals surface area contributed by atoms with Crippen molar-refractivity contribution in [2.24, 2.45) is 0 Å². The Kier molecular flexibility index (Phi) is 3.99. The number of likely N-dealkylation sites (N-methyl/N-ethyl adjacent to an activating group) is 1. The zero-order chi connectivity index (χ0) is 13.0. The molecular weight excluding hydrogens is 224 g/mol. The van der Waals surface area contributed by atoms with Crippen molar-refractivity contribution < 1.29 is 0 Å². The van der Waals surface area contributed by atoms with Crippen LogP contribution in [0.3, 0.4) is 0 Å². The summed E-state index contributed by atoms with van der Waals surface area (Å²) in [6, 6.07) is 10.1. The van der Waals surface area contributed by atoms with Crippen LogP contribution in [0, 0.1) is 6.92 Å². The lowest BCUT2D eigenvalue weighted by atomic mass is 10.3. The number of hydrogen-bond donors (Lipinski definition) is 1. The molecule has 1 heterocycles. The number of nitrogens with one attached hydrogen (secondary N) is 1. The van der Waals surface area contributed by atoms with Gasteiger partial charge in [0.1, 0.15) is 0 Å². The summed E-state index contributed by atoms with van der Waals surface area (Å²) in [5.74, 6) is 0.903. The first-order chi connectivity index (χ1) is 8.65. The second-order valence-corrected chi connectivity index (χ2v) is 4.69. The first-order valence-corrected chi connectivity index (χ1v) is 6.16. The van der Waals surface area contributed by atoms with Crippen LogP contribution in [0.4, 0.5) is 11.6 Å². The number of hydrogen-bond acceptors (Lipinski definition) is 3. The Bertz CT molecular complexity index is 488. The van der Waals surface area contributed by atoms with Crippen LogP contribution in [0.2, 0.25) is 0 Å². The van der Waals surface area contributed by atoms with E-state index in [2.05, 4.69) is 40.1 Å². The lowest BCUT2D eigenvalue weighted by molar-refractivity contribution is 0.385. The lowest BCUT2D eigenvalue weighted by Crippen LogP contribution is -2.18. The molecule has 0 aliphatic carbocycles. The van der Waals surface area contributed by atoms with Crippen LogP contribution in [0.5, 0.6) is 0 Å². The van der Waals surface area contributed by atoms with Crippen LogP contribution >= 0.6 is 0 Å². The van der Waals surface area contributed by atoms with Gasteiger partial charge < -0.3 is 14.8 Å². The van der Waals surface area contributed by atoms with Gasteiger partial charge in [0.25, 0.3) is 0 Å². The number of nitrogens with zero attached hydrogens (tertiary/aromatic N) is 3. The van der Waals surface area contributed by atoms with Crippen molar-refractivity contribution in [3.05, 3.63) is 42.2 Å². The Balaban J connectivity index is 2.12. The van der Waals surface area contributed by atoms with Crippen molar-refractivity contribution in [2.75, 3.05) is 26.0 Å². The van der Waals surface area contributed by atoms with Gasteiger partial charge in [0, 0.05) is 25.0 Å². The third-order valence-corrected chi connectivity index (χ3v) is 2.72. The summed E-state index contributed by atoms with van der Waals surface area (Å²) >= 11 is 0. The summed E-state index contributed by atoms with van der Waals surface area (Å²) in [7, 11) is 4.15. The second-order valence-electron chi connectivity index (χ2n) is 4.69. The van der Waals surface area contributed by atoms with Crippen LogP contribution in [0.25, 0.3) is 0 Å². The minimum Gasteiger partial charge on any atom is -0.326 e. The Morgan fingerprint density at radius 3 is 2.61 bits per heavy atom. The van der Waals surface area contributed by atoms with Crippen molar-refractivity contribution in [3.8, 4) is 0 Å². The molecule has 1 aromatic heterocycles. The Morgan fingerprint density at radius 2 is 1.94 bits per heavy atom. The molecule has 0 spiro atoms. The molecule has 0 radical (unpaired) electrons. The van der Waals surface area contributed by atoms with Crippen molar-refractivity contribution in [1.29, 1.82) is 0 Å². The van der Waals surface area contributed by atoms with Crippen molar-refractivity contribution in [1.82, 2.24) is 14.5 Å². The van der Waals surface area contributed by atoms with Gasteiger partial charge in [-0.05, 0) is 33.2 Å². The van der Waals surface area contributed by atoms with Crippen molar-refractivity contribution in [3.63, 3.8) is 0 Å². The number of anilines is 2. The van der Waals surface area contributed by atoms with Gasteiger partial charge in [0.05, 0.1) is 5.69 Å². The number of benzene rings is 1. The van der Waals surface area contributed by atoms with E-state index in [1.165, 1.54) is 0 Å². The standard InChI is InChI=1S/C14H20N4/c1-12-11-18(10-9-17(2)3)14(15-12)16-13-7-5-4-6-8-13/h4-8,11H,9-10H2,1-3H3,(H,15,16). The maximum Gasteiger partial charge on any atom is 0.207 e. The molecule has 1 N–H and O–H groups in total. The molecule has 2 rings (SSSR count). The monoisotopic (exact) mass is 244 g/mol. The molecule has 0 saturated heterocycles. The first-order valence-electron chi connectivity index (χ1n) is 6.16. The fourth-order valence-electron chi connectivity index (χ4n) is 1.78. The molecule has 0 aliphatic heterocycles. The molecule has 0 atom stereocenters. The van der Waals surface area contributed by atoms with E-state index in [9.17, 15) is 0 Å². The summed E-state index contributed by atoms with van der Waals surface area (Å²) in [5, 5.41) is 3.35. The minimum absolute atomic E-state index is 0.903. The second kappa shape index (κ2) is 5.69. The Labute approximate surface area is 108 Å². The Morgan fingerprint density at radius 1 is 1.22 bits per heavy atom. The quantitative estimate of drug-likeness (QED) is 0.877. The predicted molar refractivity (Wildman–Crippen MR) is 75.2 cm³/mol. The van der Waals surface area contributed by atoms with E-state index in [4.69, 9.17) is 0 Å². The topological polar surface area (TPSA) is 33.1 Å². The van der Waals surface area contributed by atoms with E-state index in [-0.39, 0.29) is 0 Å². The summed E-state index contributed by atoms with van der Waals surface area (Å²) in [6.07, 6.45) is 2.08. The van der Waals surface area contributed by atoms with E-state index >= 15 is 0 Å². The minimum atomic E-state index is 0.903. The summed E-state index contributed by atoms with van der Waals surface area (Å²) < 4.78 is 2.16. The van der Waals surface area contributed by atoms with E-state index in [1.54, 1.807) is 0 Å². The molecule has 0 unspecified atom stereocenters. The van der Waals surface area contributed by atoms with Crippen LogP contribution in [-0.4, -0.2) is 35.1 Å². The molecule has 0 bridgehead atoms. The molecule has 96 valence electrons. The maximum atomic E-state index is 4.52. The molecular formula is C14H20N4. The maximum absolute atomic E-state index is 4.52. The van der Waals surface area contributed by atoms with Crippen LogP contribution in [0.15, 0.2) is 36.5 Å². The largest absolute Gasteiger partial charge is 0.326 e. The van der Waals surface area contributed by atoms with Gasteiger partial charge in [-0.2, -0.15) is 0 Å². The van der Waals surface area contributed by atoms with Gasteiger partial charge in [-0.25, -0.2) is 4.98 Å². The number of rotatable bonds is 5. The third-order valence-electron chi connectivity index (χ3n) is 2.72. The summed E-state index contributed by atoms with van der Waals surface area (Å²) in [5.41, 5.74) is 2.10. The third kappa shape index (κ3) is 3.34. The molecule has 1 aromatic carbocycles. The SMILES string of the molecule is Cc1cn(CCN(C)C)c(Nc2ccccc2)n1. The molecule has 0 saturated carbocycles. The average molecular weight is 244 g/mol. The van der Waals surface area contributed by atoms with Crippen LogP contribution in [0.1, 0.15) is 5.69 Å². The highest BCUT2D eigenvalue weighted by Crippen LogP contribution is 2.15. The van der Waals surface area contributed by atoms with Crippen molar-refractivity contribution >= 4 is 11.6 Å². The molecule has 4 heteroatoms. The predicted octanol–water partition coefficient (Wildman–Crippen LogP) is 2.50. The number of imidazole rings is 1. The summed E-state index contributed by atoms with van der Waals surface area (Å²) in [6.45, 7) is 3.95. The number of aryl methyl sites for hydroxylation is 1. The van der Waals surface area contributed by atoms with Gasteiger partial charge in [-0.3, -0.25) is 0 Å². The van der Waals surface area contributed by atoms with E-state index in [1.807, 2.05) is 37.3 Å². The van der Waals surface area contributed by atoms with Gasteiger partial charge >= 0.3 is 0 Å². The molecule has 0 aliphatic rings. The molecule has 4 nitrogen and oxygen atoms in total. The van der Waals surface area contributed by atoms with Gasteiger partial charge in [-0.15, -0.1) is 0 Å². The van der Waals surface area contributed by atoms with Gasteiger partial charge in [-0.1, -0.05) is 18.2 Å². The average Bonchev–Trinajstić information content (AvgIpc) is 2.68. The zero-order valence-electron chi connectivity index (χ0n) is 11.2. The number of aromatic nitrogens is 2. The highest BCUT2D eigenvalue weighted by Gasteiger charge is 2.05. The molecule has 18 heavy (non-hydrogen) atoms. The van der Waals surface area contributed by atoms with Crippen molar-refractivity contribution in [2.45, 2.75) is 13.5 Å². The highest BCUT2D eigenvalue weighted by molar-refractivity contribution is 5.53. The lowest BCUT2D eigenvalue weighted by Gasteiger charge is -2.13. The summed E-state index contributed by atoms with van der Waals surface area (Å²) in [4.78, 5) is 6.69. The zero-order valence-corrected chi connectivity index (χ0v) is 11.2. The van der Waals surface area contributed by atoms with E-state index in [0.717, 1.165) is 30.4 Å². The first kappa shape index (κ1) is 12.6. The van der Waals surface area contributed by atoms with Gasteiger partial charge in [0.2, 0.25) is 5.95 Å². The molecule has 0 amide bonds. The fourth-order valence-corrected chi connectivity index (χ4v) is 1.78. The molecule has 2 aromatic rings. The fraction of sp³-hybridized carbons (Fsp3) is 0.357. The van der Waals surface area contributed by atoms with E-state index < -0.39 is 0 Å². The molecule has 0 fully saturated rings. The normalized spacial score (nSPS) is 10.9. The van der Waals surface area contributed by atoms with Crippen LogP contribution in [-0.2, 0) is 6.54 Å². The highest BCUT2D eigenvalue weighted by atomic mass is 15.2. The van der Waals surface area contributed by atoms with Crippen LogP contribution < -0.4 is 5.32 Å². The van der Waals surface area contributed by atoms with E-state index in [0.29, 0.717) is 0 Å².